The number of methoxy groups -OCH3 is 1. The molecule has 5 aromatic rings. The molecule has 3 N–H and O–H groups in total. The Morgan fingerprint density at radius 3 is 2.26 bits per heavy atom. The second-order valence-corrected chi connectivity index (χ2v) is 14.4. The average molecular weight is 771 g/mol. The van der Waals surface area contributed by atoms with Gasteiger partial charge in [0.05, 0.1) is 43.0 Å². The van der Waals surface area contributed by atoms with Crippen molar-refractivity contribution >= 4 is 35.3 Å². The van der Waals surface area contributed by atoms with Crippen LogP contribution in [0.15, 0.2) is 84.0 Å². The average Bonchev–Trinajstić information content (AvgIpc) is 4.07. The van der Waals surface area contributed by atoms with Gasteiger partial charge in [-0.15, -0.1) is 0 Å². The number of fused-ring (bicyclic) bond motifs is 1. The minimum Gasteiger partial charge on any atom is -0.453 e. The molecule has 0 aliphatic carbocycles. The fourth-order valence-electron chi connectivity index (χ4n) is 7.51. The molecule has 2 aliphatic heterocycles. The maximum absolute atomic E-state index is 13.9. The zero-order valence-corrected chi connectivity index (χ0v) is 32.4. The van der Waals surface area contributed by atoms with Gasteiger partial charge in [-0.1, -0.05) is 68.2 Å². The van der Waals surface area contributed by atoms with Crippen LogP contribution in [0, 0.1) is 17.8 Å². The molecular formula is C43H46N8O6. The SMILES string of the molecule is COO/C=N\[C@@H](C(=O)N1CCC[C@H]1c1nc2cc(C#Cc3ccc(-c4c[nH]c([C@@H]5CCCN5C(=O)[C@@H](NC(=O)OC)C(C)C)n4)cc3)ccc2[nH]1)c1ccccc1. The van der Waals surface area contributed by atoms with Gasteiger partial charge in [0.25, 0.3) is 5.91 Å². The van der Waals surface area contributed by atoms with Gasteiger partial charge in [-0.25, -0.2) is 19.8 Å². The number of hydrogen-bond donors (Lipinski definition) is 3. The van der Waals surface area contributed by atoms with Gasteiger partial charge in [-0.05, 0) is 67.5 Å². The monoisotopic (exact) mass is 770 g/mol. The summed E-state index contributed by atoms with van der Waals surface area (Å²) >= 11 is 0. The van der Waals surface area contributed by atoms with Gasteiger partial charge in [0, 0.05) is 36.0 Å². The quantitative estimate of drug-likeness (QED) is 0.0456. The predicted octanol–water partition coefficient (Wildman–Crippen LogP) is 6.41. The lowest BCUT2D eigenvalue weighted by molar-refractivity contribution is -0.188. The minimum absolute atomic E-state index is 0.109. The van der Waals surface area contributed by atoms with Crippen molar-refractivity contribution in [3.8, 4) is 23.1 Å². The van der Waals surface area contributed by atoms with Gasteiger partial charge in [0.15, 0.2) is 6.04 Å². The highest BCUT2D eigenvalue weighted by Gasteiger charge is 2.38. The third-order valence-corrected chi connectivity index (χ3v) is 10.4. The van der Waals surface area contributed by atoms with Crippen molar-refractivity contribution in [2.75, 3.05) is 27.3 Å². The van der Waals surface area contributed by atoms with Crippen molar-refractivity contribution in [1.29, 1.82) is 0 Å². The number of nitrogens with zero attached hydrogens (tertiary/aromatic N) is 5. The molecule has 4 atom stereocenters. The number of hydrogen-bond acceptors (Lipinski definition) is 9. The van der Waals surface area contributed by atoms with Crippen LogP contribution in [0.2, 0.25) is 0 Å². The maximum Gasteiger partial charge on any atom is 0.407 e. The van der Waals surface area contributed by atoms with Crippen molar-refractivity contribution < 1.29 is 28.9 Å². The minimum atomic E-state index is -0.777. The van der Waals surface area contributed by atoms with E-state index in [1.807, 2.05) is 97.7 Å². The van der Waals surface area contributed by atoms with E-state index < -0.39 is 18.2 Å². The molecule has 4 heterocycles. The summed E-state index contributed by atoms with van der Waals surface area (Å²) in [6.45, 7) is 4.98. The van der Waals surface area contributed by atoms with Crippen LogP contribution < -0.4 is 5.32 Å². The molecule has 2 aliphatic rings. The van der Waals surface area contributed by atoms with E-state index in [4.69, 9.17) is 19.6 Å². The number of likely N-dealkylation sites (tertiary alicyclic amines) is 2. The molecule has 14 heteroatoms. The van der Waals surface area contributed by atoms with Crippen molar-refractivity contribution in [3.05, 3.63) is 107 Å². The smallest absolute Gasteiger partial charge is 0.407 e. The maximum atomic E-state index is 13.9. The molecule has 0 saturated carbocycles. The van der Waals surface area contributed by atoms with E-state index in [1.54, 1.807) is 4.90 Å². The highest BCUT2D eigenvalue weighted by Crippen LogP contribution is 2.35. The first-order valence-electron chi connectivity index (χ1n) is 19.1. The molecular weight excluding hydrogens is 725 g/mol. The van der Waals surface area contributed by atoms with Crippen LogP contribution in [-0.4, -0.2) is 87.4 Å². The summed E-state index contributed by atoms with van der Waals surface area (Å²) in [5.74, 6) is 7.57. The Labute approximate surface area is 331 Å². The van der Waals surface area contributed by atoms with Crippen LogP contribution in [0.1, 0.15) is 86.0 Å². The zero-order valence-electron chi connectivity index (χ0n) is 32.4. The number of nitrogens with one attached hydrogen (secondary N) is 3. The lowest BCUT2D eigenvalue weighted by Gasteiger charge is -2.29. The Morgan fingerprint density at radius 2 is 1.56 bits per heavy atom. The molecule has 0 spiro atoms. The number of H-pyrrole nitrogens is 2. The Balaban J connectivity index is 1.02. The number of imidazole rings is 2. The van der Waals surface area contributed by atoms with Crippen LogP contribution in [0.4, 0.5) is 4.79 Å². The number of carbonyl (C=O) groups is 3. The molecule has 0 unspecified atom stereocenters. The summed E-state index contributed by atoms with van der Waals surface area (Å²) in [5.41, 5.74) is 5.74. The summed E-state index contributed by atoms with van der Waals surface area (Å²) in [7, 11) is 2.67. The van der Waals surface area contributed by atoms with E-state index in [9.17, 15) is 14.4 Å². The van der Waals surface area contributed by atoms with E-state index in [-0.39, 0.29) is 29.8 Å². The van der Waals surface area contributed by atoms with Crippen molar-refractivity contribution in [2.45, 2.75) is 63.7 Å². The Kier molecular flexibility index (Phi) is 12.0. The number of carbonyl (C=O) groups excluding carboxylic acids is 3. The van der Waals surface area contributed by atoms with Crippen LogP contribution in [0.3, 0.4) is 0 Å². The molecule has 0 bridgehead atoms. The normalized spacial score (nSPS) is 17.8. The van der Waals surface area contributed by atoms with E-state index in [2.05, 4.69) is 37.0 Å². The Morgan fingerprint density at radius 1 is 0.877 bits per heavy atom. The molecule has 2 saturated heterocycles. The van der Waals surface area contributed by atoms with Gasteiger partial charge >= 0.3 is 6.09 Å². The number of alkyl carbamates (subject to hydrolysis) is 1. The first-order valence-corrected chi connectivity index (χ1v) is 19.1. The summed E-state index contributed by atoms with van der Waals surface area (Å²) in [5, 5.41) is 2.69. The summed E-state index contributed by atoms with van der Waals surface area (Å²) in [6, 6.07) is 21.2. The van der Waals surface area contributed by atoms with Gasteiger partial charge < -0.3 is 34.7 Å². The Hall–Kier alpha value is -6.46. The largest absolute Gasteiger partial charge is 0.453 e. The standard InChI is InChI=1S/C43H46N8O6/c1-27(2)37(49-43(54)55-3)41(52)50-22-8-12-35(50)39-44-25-34(48-39)30-19-16-28(17-20-30)14-15-29-18-21-32-33(24-29)47-40(46-32)36-13-9-23-51(36)42(53)38(45-26-57-56-4)31-10-6-5-7-11-31/h5-7,10-11,16-21,24-27,35-38H,8-9,12-13,22-23H2,1-4H3,(H,44,48)(H,46,47)(H,49,54)/b45-26-/t35-,36-,37-,38+/m0/s1. The number of aromatic amines is 2. The number of rotatable bonds is 11. The van der Waals surface area contributed by atoms with Crippen LogP contribution in [-0.2, 0) is 24.1 Å². The van der Waals surface area contributed by atoms with Crippen molar-refractivity contribution in [1.82, 2.24) is 35.1 Å². The van der Waals surface area contributed by atoms with E-state index in [1.165, 1.54) is 14.2 Å². The number of benzene rings is 3. The summed E-state index contributed by atoms with van der Waals surface area (Å²) in [4.78, 5) is 73.4. The van der Waals surface area contributed by atoms with E-state index in [0.717, 1.165) is 76.9 Å². The fraction of sp³-hybridized carbons (Fsp3) is 0.349. The zero-order chi connectivity index (χ0) is 39.9. The van der Waals surface area contributed by atoms with Crippen molar-refractivity contribution in [3.63, 3.8) is 0 Å². The topological polar surface area (TPSA) is 167 Å². The lowest BCUT2D eigenvalue weighted by Crippen LogP contribution is -2.51. The molecule has 2 fully saturated rings. The molecule has 7 rings (SSSR count). The predicted molar refractivity (Wildman–Crippen MR) is 213 cm³/mol. The third-order valence-electron chi connectivity index (χ3n) is 10.4. The highest BCUT2D eigenvalue weighted by molar-refractivity contribution is 5.87. The number of amides is 3. The molecule has 57 heavy (non-hydrogen) atoms. The first-order chi connectivity index (χ1) is 27.7. The molecule has 0 radical (unpaired) electrons. The van der Waals surface area contributed by atoms with Crippen LogP contribution >= 0.6 is 0 Å². The Bertz CT molecular complexity index is 2290. The van der Waals surface area contributed by atoms with Crippen LogP contribution in [0.5, 0.6) is 0 Å². The van der Waals surface area contributed by atoms with E-state index >= 15 is 0 Å². The number of aromatic nitrogens is 4. The van der Waals surface area contributed by atoms with Gasteiger partial charge in [0.1, 0.15) is 17.7 Å². The number of ether oxygens (including phenoxy) is 1. The molecule has 14 nitrogen and oxygen atoms in total. The lowest BCUT2D eigenvalue weighted by atomic mass is 10.0. The summed E-state index contributed by atoms with van der Waals surface area (Å²) in [6.07, 6.45) is 5.62. The first kappa shape index (κ1) is 38.8. The van der Waals surface area contributed by atoms with Gasteiger partial charge in [-0.2, -0.15) is 4.89 Å². The molecule has 3 amide bonds. The summed E-state index contributed by atoms with van der Waals surface area (Å²) < 4.78 is 4.75. The van der Waals surface area contributed by atoms with Crippen LogP contribution in [0.25, 0.3) is 22.3 Å². The fourth-order valence-corrected chi connectivity index (χ4v) is 7.51. The van der Waals surface area contributed by atoms with Gasteiger partial charge in [-0.3, -0.25) is 9.59 Å². The van der Waals surface area contributed by atoms with E-state index in [0.29, 0.717) is 18.9 Å². The van der Waals surface area contributed by atoms with Crippen molar-refractivity contribution in [2.24, 2.45) is 10.9 Å². The third kappa shape index (κ3) is 8.69. The molecule has 2 aromatic heterocycles. The second-order valence-electron chi connectivity index (χ2n) is 14.4. The van der Waals surface area contributed by atoms with Gasteiger partial charge in [0.2, 0.25) is 12.3 Å². The second kappa shape index (κ2) is 17.6. The molecule has 3 aromatic carbocycles. The molecule has 294 valence electrons. The number of aliphatic imine (C=N–C) groups is 1. The highest BCUT2D eigenvalue weighted by atomic mass is 17.2.